The molecular weight excluding hydrogens is 318 g/mol. The minimum Gasteiger partial charge on any atom is -0.385 e. The molecule has 0 amide bonds. The molecule has 128 valence electrons. The van der Waals surface area contributed by atoms with E-state index in [4.69, 9.17) is 9.72 Å². The van der Waals surface area contributed by atoms with E-state index in [2.05, 4.69) is 41.4 Å². The molecule has 1 atom stereocenters. The predicted molar refractivity (Wildman–Crippen MR) is 100 cm³/mol. The molecular formula is C19H25N3OS. The van der Waals surface area contributed by atoms with Crippen molar-refractivity contribution in [1.29, 1.82) is 0 Å². The van der Waals surface area contributed by atoms with Crippen LogP contribution in [0, 0.1) is 5.92 Å². The smallest absolute Gasteiger partial charge is 0.0951 e. The second-order valence-electron chi connectivity index (χ2n) is 6.83. The average Bonchev–Trinajstić information content (AvgIpc) is 3.03. The molecule has 0 unspecified atom stereocenters. The Morgan fingerprint density at radius 3 is 3.00 bits per heavy atom. The molecule has 3 heterocycles. The number of morpholine rings is 1. The zero-order valence-corrected chi connectivity index (χ0v) is 15.1. The fraction of sp³-hybridized carbons (Fsp3) is 0.526. The van der Waals surface area contributed by atoms with E-state index in [1.165, 1.54) is 21.0 Å². The number of aromatic nitrogens is 1. The van der Waals surface area contributed by atoms with E-state index in [0.29, 0.717) is 0 Å². The number of hydrogen-bond donors (Lipinski definition) is 1. The third-order valence-electron chi connectivity index (χ3n) is 4.85. The number of nitrogens with one attached hydrogen (secondary N) is 1. The number of nitrogens with zero attached hydrogens (tertiary/aromatic N) is 2. The van der Waals surface area contributed by atoms with Gasteiger partial charge in [-0.1, -0.05) is 19.1 Å². The highest BCUT2D eigenvalue weighted by Crippen LogP contribution is 2.27. The SMILES string of the molecule is C[C@H]1CC=C(c2ccc3sc(CCN4CCOCC4)nc3c2)NC1. The lowest BCUT2D eigenvalue weighted by Gasteiger charge is -2.25. The molecule has 0 bridgehead atoms. The Hall–Kier alpha value is -1.43. The normalized spacial score (nSPS) is 22.4. The van der Waals surface area contributed by atoms with Crippen LogP contribution >= 0.6 is 11.3 Å². The molecule has 4 rings (SSSR count). The molecule has 5 heteroatoms. The zero-order chi connectivity index (χ0) is 16.4. The second-order valence-corrected chi connectivity index (χ2v) is 7.95. The van der Waals surface area contributed by atoms with Crippen LogP contribution in [0.1, 0.15) is 23.9 Å². The number of hydrogen-bond acceptors (Lipinski definition) is 5. The van der Waals surface area contributed by atoms with E-state index in [0.717, 1.165) is 63.7 Å². The maximum absolute atomic E-state index is 5.41. The summed E-state index contributed by atoms with van der Waals surface area (Å²) in [5.74, 6) is 0.726. The Morgan fingerprint density at radius 1 is 1.33 bits per heavy atom. The molecule has 2 aromatic rings. The van der Waals surface area contributed by atoms with Crippen LogP contribution in [0.4, 0.5) is 0 Å². The molecule has 24 heavy (non-hydrogen) atoms. The van der Waals surface area contributed by atoms with Crippen molar-refractivity contribution in [2.24, 2.45) is 5.92 Å². The monoisotopic (exact) mass is 343 g/mol. The van der Waals surface area contributed by atoms with Crippen molar-refractivity contribution < 1.29 is 4.74 Å². The Labute approximate surface area is 147 Å². The molecule has 1 aromatic heterocycles. The van der Waals surface area contributed by atoms with Crippen molar-refractivity contribution in [1.82, 2.24) is 15.2 Å². The molecule has 4 nitrogen and oxygen atoms in total. The maximum Gasteiger partial charge on any atom is 0.0951 e. The largest absolute Gasteiger partial charge is 0.385 e. The van der Waals surface area contributed by atoms with Crippen molar-refractivity contribution in [3.05, 3.63) is 34.8 Å². The highest BCUT2D eigenvalue weighted by Gasteiger charge is 2.14. The van der Waals surface area contributed by atoms with Crippen LogP contribution < -0.4 is 5.32 Å². The number of ether oxygens (including phenoxy) is 1. The van der Waals surface area contributed by atoms with E-state index >= 15 is 0 Å². The van der Waals surface area contributed by atoms with E-state index in [-0.39, 0.29) is 0 Å². The molecule has 2 aliphatic heterocycles. The van der Waals surface area contributed by atoms with E-state index in [1.54, 1.807) is 0 Å². The predicted octanol–water partition coefficient (Wildman–Crippen LogP) is 3.14. The maximum atomic E-state index is 5.41. The van der Waals surface area contributed by atoms with Gasteiger partial charge in [-0.05, 0) is 30.0 Å². The summed E-state index contributed by atoms with van der Waals surface area (Å²) in [6.07, 6.45) is 4.51. The lowest BCUT2D eigenvalue weighted by atomic mass is 10.0. The lowest BCUT2D eigenvalue weighted by Crippen LogP contribution is -2.37. The third-order valence-corrected chi connectivity index (χ3v) is 5.95. The van der Waals surface area contributed by atoms with E-state index < -0.39 is 0 Å². The molecule has 0 aliphatic carbocycles. The van der Waals surface area contributed by atoms with Gasteiger partial charge < -0.3 is 10.1 Å². The van der Waals surface area contributed by atoms with Crippen LogP contribution in [0.5, 0.6) is 0 Å². The van der Waals surface area contributed by atoms with Gasteiger partial charge in [0.15, 0.2) is 0 Å². The van der Waals surface area contributed by atoms with Crippen molar-refractivity contribution in [3.63, 3.8) is 0 Å². The standard InChI is InChI=1S/C19H25N3OS/c1-14-2-4-16(20-13-14)15-3-5-18-17(12-15)21-19(24-18)6-7-22-8-10-23-11-9-22/h3-5,12,14,20H,2,6-11,13H2,1H3/t14-/m0/s1. The molecule has 0 radical (unpaired) electrons. The summed E-state index contributed by atoms with van der Waals surface area (Å²) in [6, 6.07) is 6.68. The summed E-state index contributed by atoms with van der Waals surface area (Å²) in [7, 11) is 0. The summed E-state index contributed by atoms with van der Waals surface area (Å²) >= 11 is 1.83. The van der Waals surface area contributed by atoms with Gasteiger partial charge in [0.2, 0.25) is 0 Å². The summed E-state index contributed by atoms with van der Waals surface area (Å²) in [6.45, 7) is 8.26. The Morgan fingerprint density at radius 2 is 2.21 bits per heavy atom. The highest BCUT2D eigenvalue weighted by molar-refractivity contribution is 7.18. The fourth-order valence-electron chi connectivity index (χ4n) is 3.31. The van der Waals surface area contributed by atoms with Crippen molar-refractivity contribution in [2.45, 2.75) is 19.8 Å². The van der Waals surface area contributed by atoms with Crippen LogP contribution in [0.15, 0.2) is 24.3 Å². The summed E-state index contributed by atoms with van der Waals surface area (Å²) in [4.78, 5) is 7.34. The van der Waals surface area contributed by atoms with Gasteiger partial charge in [0.05, 0.1) is 28.4 Å². The molecule has 2 aliphatic rings. The first kappa shape index (κ1) is 16.1. The number of thiazole rings is 1. The van der Waals surface area contributed by atoms with Crippen molar-refractivity contribution in [3.8, 4) is 0 Å². The molecule has 0 spiro atoms. The van der Waals surface area contributed by atoms with Crippen LogP contribution in [-0.2, 0) is 11.2 Å². The van der Waals surface area contributed by atoms with Crippen LogP contribution in [0.3, 0.4) is 0 Å². The van der Waals surface area contributed by atoms with E-state index in [1.807, 2.05) is 11.3 Å². The Balaban J connectivity index is 1.46. The number of allylic oxidation sites excluding steroid dienone is 1. The molecule has 1 aromatic carbocycles. The third kappa shape index (κ3) is 3.63. The minimum absolute atomic E-state index is 0.726. The van der Waals surface area contributed by atoms with Gasteiger partial charge in [-0.3, -0.25) is 4.90 Å². The first-order valence-corrected chi connectivity index (χ1v) is 9.73. The topological polar surface area (TPSA) is 37.4 Å². The fourth-order valence-corrected chi connectivity index (χ4v) is 4.24. The molecule has 0 saturated carbocycles. The van der Waals surface area contributed by atoms with Crippen LogP contribution in [-0.4, -0.2) is 49.3 Å². The van der Waals surface area contributed by atoms with Crippen molar-refractivity contribution >= 4 is 27.3 Å². The van der Waals surface area contributed by atoms with Gasteiger partial charge in [0.1, 0.15) is 0 Å². The quantitative estimate of drug-likeness (QED) is 0.925. The van der Waals surface area contributed by atoms with Gasteiger partial charge in [-0.15, -0.1) is 11.3 Å². The van der Waals surface area contributed by atoms with Gasteiger partial charge in [-0.2, -0.15) is 0 Å². The van der Waals surface area contributed by atoms with Crippen LogP contribution in [0.25, 0.3) is 15.9 Å². The summed E-state index contributed by atoms with van der Waals surface area (Å²) in [5.41, 5.74) is 3.66. The molecule has 1 N–H and O–H groups in total. The van der Waals surface area contributed by atoms with Crippen LogP contribution in [0.2, 0.25) is 0 Å². The zero-order valence-electron chi connectivity index (χ0n) is 14.3. The van der Waals surface area contributed by atoms with Gasteiger partial charge in [0, 0.05) is 38.3 Å². The van der Waals surface area contributed by atoms with Gasteiger partial charge >= 0.3 is 0 Å². The number of rotatable bonds is 4. The molecule has 1 saturated heterocycles. The number of benzene rings is 1. The second kappa shape index (κ2) is 7.21. The Bertz CT molecular complexity index is 733. The minimum atomic E-state index is 0.726. The first-order valence-electron chi connectivity index (χ1n) is 8.92. The number of fused-ring (bicyclic) bond motifs is 1. The summed E-state index contributed by atoms with van der Waals surface area (Å²) < 4.78 is 6.70. The van der Waals surface area contributed by atoms with E-state index in [9.17, 15) is 0 Å². The highest BCUT2D eigenvalue weighted by atomic mass is 32.1. The average molecular weight is 343 g/mol. The van der Waals surface area contributed by atoms with Gasteiger partial charge in [-0.25, -0.2) is 4.98 Å². The van der Waals surface area contributed by atoms with Gasteiger partial charge in [0.25, 0.3) is 0 Å². The molecule has 1 fully saturated rings. The first-order chi connectivity index (χ1) is 11.8. The van der Waals surface area contributed by atoms with Crippen molar-refractivity contribution in [2.75, 3.05) is 39.4 Å². The summed E-state index contributed by atoms with van der Waals surface area (Å²) in [5, 5.41) is 4.79. The Kier molecular flexibility index (Phi) is 4.83. The lowest BCUT2D eigenvalue weighted by molar-refractivity contribution is 0.0384.